The van der Waals surface area contributed by atoms with Gasteiger partial charge in [0.25, 0.3) is 0 Å². The van der Waals surface area contributed by atoms with Gasteiger partial charge in [-0.2, -0.15) is 0 Å². The molecular weight excluding hydrogens is 196 g/mol. The van der Waals surface area contributed by atoms with E-state index in [2.05, 4.69) is 0 Å². The lowest BCUT2D eigenvalue weighted by Gasteiger charge is -2.01. The fourth-order valence-corrected chi connectivity index (χ4v) is 1.33. The molecule has 0 aliphatic heterocycles. The van der Waals surface area contributed by atoms with E-state index in [1.807, 2.05) is 0 Å². The molecule has 0 fully saturated rings. The molecule has 1 aromatic heterocycles. The predicted molar refractivity (Wildman–Crippen MR) is 54.4 cm³/mol. The largest absolute Gasteiger partial charge is 0.497 e. The lowest BCUT2D eigenvalue weighted by atomic mass is 10.2. The summed E-state index contributed by atoms with van der Waals surface area (Å²) in [7, 11) is 1.53. The Morgan fingerprint density at radius 3 is 2.87 bits per heavy atom. The molecule has 4 heteroatoms. The highest BCUT2D eigenvalue weighted by molar-refractivity contribution is 5.84. The number of methoxy groups -OCH3 is 1. The van der Waals surface area contributed by atoms with Crippen LogP contribution in [0, 0.1) is 0 Å². The van der Waals surface area contributed by atoms with Gasteiger partial charge in [0.15, 0.2) is 6.29 Å². The minimum Gasteiger partial charge on any atom is -0.497 e. The Labute approximate surface area is 85.1 Å². The average Bonchev–Trinajstić information content (AvgIpc) is 2.29. The molecule has 1 heterocycles. The van der Waals surface area contributed by atoms with Crippen molar-refractivity contribution in [1.29, 1.82) is 0 Å². The molecule has 76 valence electrons. The number of carbonyl (C=O) groups is 1. The number of aldehydes is 1. The summed E-state index contributed by atoms with van der Waals surface area (Å²) in [4.78, 5) is 22.1. The summed E-state index contributed by atoms with van der Waals surface area (Å²) in [5.74, 6) is 0.601. The van der Waals surface area contributed by atoms with Crippen molar-refractivity contribution >= 4 is 17.3 Å². The summed E-state index contributed by atoms with van der Waals surface area (Å²) >= 11 is 0. The van der Waals surface area contributed by atoms with Crippen molar-refractivity contribution < 1.29 is 13.9 Å². The van der Waals surface area contributed by atoms with Gasteiger partial charge in [-0.1, -0.05) is 0 Å². The third-order valence-electron chi connectivity index (χ3n) is 2.14. The van der Waals surface area contributed by atoms with Gasteiger partial charge in [0, 0.05) is 6.07 Å². The third kappa shape index (κ3) is 1.50. The van der Waals surface area contributed by atoms with Crippen LogP contribution >= 0.6 is 0 Å². The first-order valence-electron chi connectivity index (χ1n) is 4.31. The van der Waals surface area contributed by atoms with Crippen LogP contribution in [0.15, 0.2) is 33.7 Å². The SMILES string of the molecule is COc1ccc2c(=O)c(C=O)coc2c1. The van der Waals surface area contributed by atoms with Crippen LogP contribution in [-0.2, 0) is 0 Å². The molecule has 0 radical (unpaired) electrons. The van der Waals surface area contributed by atoms with Crippen molar-refractivity contribution in [3.05, 3.63) is 40.2 Å². The highest BCUT2D eigenvalue weighted by Crippen LogP contribution is 2.18. The first-order chi connectivity index (χ1) is 7.26. The maximum atomic E-state index is 11.6. The first-order valence-corrected chi connectivity index (χ1v) is 4.31. The summed E-state index contributed by atoms with van der Waals surface area (Å²) in [5.41, 5.74) is 0.103. The van der Waals surface area contributed by atoms with Gasteiger partial charge >= 0.3 is 0 Å². The monoisotopic (exact) mass is 204 g/mol. The van der Waals surface area contributed by atoms with E-state index in [0.717, 1.165) is 6.26 Å². The standard InChI is InChI=1S/C11H8O4/c1-14-8-2-3-9-10(4-8)15-6-7(5-12)11(9)13/h2-6H,1H3. The van der Waals surface area contributed by atoms with Crippen LogP contribution < -0.4 is 10.2 Å². The quantitative estimate of drug-likeness (QED) is 0.697. The van der Waals surface area contributed by atoms with Crippen LogP contribution in [0.4, 0.5) is 0 Å². The second-order valence-corrected chi connectivity index (χ2v) is 3.00. The normalized spacial score (nSPS) is 10.2. The van der Waals surface area contributed by atoms with Gasteiger partial charge in [0.1, 0.15) is 17.6 Å². The minimum atomic E-state index is -0.325. The summed E-state index contributed by atoms with van der Waals surface area (Å²) < 4.78 is 10.1. The van der Waals surface area contributed by atoms with Crippen LogP contribution in [0.1, 0.15) is 10.4 Å². The fourth-order valence-electron chi connectivity index (χ4n) is 1.33. The van der Waals surface area contributed by atoms with Crippen LogP contribution in [-0.4, -0.2) is 13.4 Å². The molecular formula is C11H8O4. The molecule has 0 atom stereocenters. The van der Waals surface area contributed by atoms with E-state index < -0.39 is 0 Å². The zero-order valence-corrected chi connectivity index (χ0v) is 8.02. The van der Waals surface area contributed by atoms with Crippen LogP contribution in [0.3, 0.4) is 0 Å². The minimum absolute atomic E-state index is 0.0210. The van der Waals surface area contributed by atoms with Gasteiger partial charge in [-0.3, -0.25) is 9.59 Å². The second-order valence-electron chi connectivity index (χ2n) is 3.00. The Morgan fingerprint density at radius 1 is 1.40 bits per heavy atom. The van der Waals surface area contributed by atoms with Gasteiger partial charge in [-0.05, 0) is 12.1 Å². The number of ether oxygens (including phenoxy) is 1. The molecule has 0 saturated heterocycles. The van der Waals surface area contributed by atoms with Crippen molar-refractivity contribution in [2.75, 3.05) is 7.11 Å². The Kier molecular flexibility index (Phi) is 2.25. The van der Waals surface area contributed by atoms with Crippen molar-refractivity contribution in [3.63, 3.8) is 0 Å². The zero-order chi connectivity index (χ0) is 10.8. The number of benzene rings is 1. The maximum absolute atomic E-state index is 11.6. The topological polar surface area (TPSA) is 56.5 Å². The van der Waals surface area contributed by atoms with E-state index in [-0.39, 0.29) is 11.0 Å². The molecule has 0 aliphatic carbocycles. The lowest BCUT2D eigenvalue weighted by molar-refractivity contribution is 0.112. The van der Waals surface area contributed by atoms with Crippen LogP contribution in [0.2, 0.25) is 0 Å². The van der Waals surface area contributed by atoms with Gasteiger partial charge in [-0.15, -0.1) is 0 Å². The molecule has 2 aromatic rings. The van der Waals surface area contributed by atoms with Crippen molar-refractivity contribution in [2.24, 2.45) is 0 Å². The molecule has 15 heavy (non-hydrogen) atoms. The number of carbonyl (C=O) groups excluding carboxylic acids is 1. The van der Waals surface area contributed by atoms with E-state index in [0.29, 0.717) is 23.0 Å². The van der Waals surface area contributed by atoms with Gasteiger partial charge in [0.05, 0.1) is 18.1 Å². The molecule has 1 aromatic carbocycles. The summed E-state index contributed by atoms with van der Waals surface area (Å²) in [6.45, 7) is 0. The molecule has 0 aliphatic rings. The lowest BCUT2D eigenvalue weighted by Crippen LogP contribution is -2.07. The van der Waals surface area contributed by atoms with E-state index in [1.54, 1.807) is 18.2 Å². The molecule has 0 unspecified atom stereocenters. The number of rotatable bonds is 2. The summed E-state index contributed by atoms with van der Waals surface area (Å²) in [6, 6.07) is 4.83. The van der Waals surface area contributed by atoms with E-state index in [4.69, 9.17) is 9.15 Å². The fraction of sp³-hybridized carbons (Fsp3) is 0.0909. The molecule has 0 amide bonds. The Bertz CT molecular complexity index is 568. The van der Waals surface area contributed by atoms with Crippen molar-refractivity contribution in [2.45, 2.75) is 0 Å². The maximum Gasteiger partial charge on any atom is 0.203 e. The zero-order valence-electron chi connectivity index (χ0n) is 8.02. The number of fused-ring (bicyclic) bond motifs is 1. The van der Waals surface area contributed by atoms with E-state index in [1.165, 1.54) is 7.11 Å². The molecule has 0 bridgehead atoms. The molecule has 2 rings (SSSR count). The van der Waals surface area contributed by atoms with Gasteiger partial charge in [-0.25, -0.2) is 0 Å². The average molecular weight is 204 g/mol. The molecule has 4 nitrogen and oxygen atoms in total. The first kappa shape index (κ1) is 9.45. The number of hydrogen-bond donors (Lipinski definition) is 0. The summed E-state index contributed by atoms with van der Waals surface area (Å²) in [5, 5.41) is 0.375. The Hall–Kier alpha value is -2.10. The number of hydrogen-bond acceptors (Lipinski definition) is 4. The predicted octanol–water partition coefficient (Wildman–Crippen LogP) is 1.61. The molecule has 0 N–H and O–H groups in total. The van der Waals surface area contributed by atoms with Crippen LogP contribution in [0.25, 0.3) is 11.0 Å². The van der Waals surface area contributed by atoms with Crippen LogP contribution in [0.5, 0.6) is 5.75 Å². The third-order valence-corrected chi connectivity index (χ3v) is 2.14. The second kappa shape index (κ2) is 3.57. The molecule has 0 spiro atoms. The highest BCUT2D eigenvalue weighted by atomic mass is 16.5. The van der Waals surface area contributed by atoms with Gasteiger partial charge in [0.2, 0.25) is 5.43 Å². The highest BCUT2D eigenvalue weighted by Gasteiger charge is 2.06. The Balaban J connectivity index is 2.79. The van der Waals surface area contributed by atoms with Crippen molar-refractivity contribution in [1.82, 2.24) is 0 Å². The molecule has 0 saturated carbocycles. The van der Waals surface area contributed by atoms with E-state index in [9.17, 15) is 9.59 Å². The van der Waals surface area contributed by atoms with Crippen molar-refractivity contribution in [3.8, 4) is 5.75 Å². The summed E-state index contributed by atoms with van der Waals surface area (Å²) in [6.07, 6.45) is 1.63. The van der Waals surface area contributed by atoms with Gasteiger partial charge < -0.3 is 9.15 Å². The smallest absolute Gasteiger partial charge is 0.203 e. The Morgan fingerprint density at radius 2 is 2.20 bits per heavy atom. The van der Waals surface area contributed by atoms with E-state index >= 15 is 0 Å².